The van der Waals surface area contributed by atoms with Gasteiger partial charge in [-0.2, -0.15) is 0 Å². The SMILES string of the molecule is CCNC(=O)C1(Cc2ccc(-c3ccncc3)cc2)CCN(C(=O)C(C)C)CC1. The topological polar surface area (TPSA) is 62.3 Å². The molecule has 0 atom stereocenters. The number of hydrogen-bond donors (Lipinski definition) is 1. The van der Waals surface area contributed by atoms with E-state index in [9.17, 15) is 9.59 Å². The lowest BCUT2D eigenvalue weighted by atomic mass is 9.72. The van der Waals surface area contributed by atoms with Crippen molar-refractivity contribution in [1.29, 1.82) is 0 Å². The minimum atomic E-state index is -0.456. The van der Waals surface area contributed by atoms with Crippen LogP contribution in [0.1, 0.15) is 39.2 Å². The highest BCUT2D eigenvalue weighted by atomic mass is 16.2. The summed E-state index contributed by atoms with van der Waals surface area (Å²) in [6, 6.07) is 12.4. The highest BCUT2D eigenvalue weighted by Gasteiger charge is 2.42. The molecule has 2 aromatic rings. The van der Waals surface area contributed by atoms with Gasteiger partial charge in [-0.1, -0.05) is 38.1 Å². The van der Waals surface area contributed by atoms with Crippen LogP contribution in [0.25, 0.3) is 11.1 Å². The molecule has 0 radical (unpaired) electrons. The fraction of sp³-hybridized carbons (Fsp3) is 0.458. The Labute approximate surface area is 173 Å². The standard InChI is InChI=1S/C24H31N3O2/c1-4-26-23(29)24(11-15-27(16-12-24)22(28)18(2)3)17-19-5-7-20(8-6-19)21-9-13-25-14-10-21/h5-10,13-14,18H,4,11-12,15-17H2,1-3H3,(H,26,29). The minimum absolute atomic E-state index is 0.00676. The van der Waals surface area contributed by atoms with E-state index in [1.165, 1.54) is 0 Å². The lowest BCUT2D eigenvalue weighted by molar-refractivity contribution is -0.142. The summed E-state index contributed by atoms with van der Waals surface area (Å²) in [5.41, 5.74) is 2.96. The van der Waals surface area contributed by atoms with Crippen LogP contribution < -0.4 is 5.32 Å². The number of rotatable bonds is 6. The summed E-state index contributed by atoms with van der Waals surface area (Å²) in [5.74, 6) is 0.277. The Morgan fingerprint density at radius 1 is 1.03 bits per heavy atom. The van der Waals surface area contributed by atoms with Crippen LogP contribution in [0.15, 0.2) is 48.8 Å². The molecule has 1 aliphatic heterocycles. The maximum absolute atomic E-state index is 13.0. The highest BCUT2D eigenvalue weighted by Crippen LogP contribution is 2.36. The van der Waals surface area contributed by atoms with Crippen LogP contribution in [0.5, 0.6) is 0 Å². The number of amides is 2. The smallest absolute Gasteiger partial charge is 0.226 e. The molecule has 1 saturated heterocycles. The number of pyridine rings is 1. The van der Waals surface area contributed by atoms with Gasteiger partial charge in [0, 0.05) is 37.9 Å². The monoisotopic (exact) mass is 393 g/mol. The first-order valence-corrected chi connectivity index (χ1v) is 10.5. The molecule has 1 fully saturated rings. The fourth-order valence-electron chi connectivity index (χ4n) is 4.10. The first kappa shape index (κ1) is 21.0. The molecule has 29 heavy (non-hydrogen) atoms. The van der Waals surface area contributed by atoms with Crippen molar-refractivity contribution in [2.24, 2.45) is 11.3 Å². The Hall–Kier alpha value is -2.69. The van der Waals surface area contributed by atoms with E-state index in [4.69, 9.17) is 0 Å². The molecule has 5 nitrogen and oxygen atoms in total. The lowest BCUT2D eigenvalue weighted by Crippen LogP contribution is -2.51. The molecule has 0 spiro atoms. The van der Waals surface area contributed by atoms with Crippen LogP contribution in [0.3, 0.4) is 0 Å². The van der Waals surface area contributed by atoms with E-state index < -0.39 is 5.41 Å². The third-order valence-corrected chi connectivity index (χ3v) is 5.86. The number of carbonyl (C=O) groups is 2. The van der Waals surface area contributed by atoms with Crippen LogP contribution in [0, 0.1) is 11.3 Å². The van der Waals surface area contributed by atoms with Gasteiger partial charge in [-0.05, 0) is 55.0 Å². The van der Waals surface area contributed by atoms with E-state index in [2.05, 4.69) is 34.6 Å². The molecule has 1 N–H and O–H groups in total. The number of nitrogens with zero attached hydrogens (tertiary/aromatic N) is 2. The zero-order valence-corrected chi connectivity index (χ0v) is 17.6. The Balaban J connectivity index is 1.76. The van der Waals surface area contributed by atoms with Crippen molar-refractivity contribution in [3.63, 3.8) is 0 Å². The largest absolute Gasteiger partial charge is 0.356 e. The highest BCUT2D eigenvalue weighted by molar-refractivity contribution is 5.84. The molecule has 0 saturated carbocycles. The van der Waals surface area contributed by atoms with Crippen molar-refractivity contribution in [3.05, 3.63) is 54.4 Å². The van der Waals surface area contributed by atoms with E-state index in [0.29, 0.717) is 38.9 Å². The first-order chi connectivity index (χ1) is 13.9. The summed E-state index contributed by atoms with van der Waals surface area (Å²) in [6.07, 6.45) is 5.67. The average molecular weight is 394 g/mol. The van der Waals surface area contributed by atoms with Crippen molar-refractivity contribution < 1.29 is 9.59 Å². The van der Waals surface area contributed by atoms with Crippen LogP contribution in [-0.2, 0) is 16.0 Å². The number of aromatic nitrogens is 1. The van der Waals surface area contributed by atoms with Gasteiger partial charge in [0.2, 0.25) is 11.8 Å². The van der Waals surface area contributed by atoms with E-state index in [1.54, 1.807) is 12.4 Å². The maximum atomic E-state index is 13.0. The van der Waals surface area contributed by atoms with Gasteiger partial charge in [0.15, 0.2) is 0 Å². The molecule has 1 aromatic carbocycles. The van der Waals surface area contributed by atoms with E-state index in [1.807, 2.05) is 37.8 Å². The van der Waals surface area contributed by atoms with E-state index in [0.717, 1.165) is 16.7 Å². The minimum Gasteiger partial charge on any atom is -0.356 e. The molecule has 0 bridgehead atoms. The second kappa shape index (κ2) is 9.21. The normalized spacial score (nSPS) is 15.9. The molecule has 3 rings (SSSR count). The van der Waals surface area contributed by atoms with Gasteiger partial charge in [0.05, 0.1) is 5.41 Å². The molecule has 154 valence electrons. The van der Waals surface area contributed by atoms with Gasteiger partial charge in [-0.3, -0.25) is 14.6 Å². The van der Waals surface area contributed by atoms with Crippen molar-refractivity contribution in [2.45, 2.75) is 40.0 Å². The molecule has 0 unspecified atom stereocenters. The second-order valence-corrected chi connectivity index (χ2v) is 8.23. The third-order valence-electron chi connectivity index (χ3n) is 5.86. The zero-order valence-electron chi connectivity index (χ0n) is 17.6. The van der Waals surface area contributed by atoms with E-state index >= 15 is 0 Å². The predicted molar refractivity (Wildman–Crippen MR) is 115 cm³/mol. The van der Waals surface area contributed by atoms with Gasteiger partial charge in [0.25, 0.3) is 0 Å². The number of benzene rings is 1. The van der Waals surface area contributed by atoms with Gasteiger partial charge in [0.1, 0.15) is 0 Å². The molecule has 2 amide bonds. The quantitative estimate of drug-likeness (QED) is 0.814. The maximum Gasteiger partial charge on any atom is 0.226 e. The average Bonchev–Trinajstić information content (AvgIpc) is 2.75. The van der Waals surface area contributed by atoms with Crippen molar-refractivity contribution in [2.75, 3.05) is 19.6 Å². The second-order valence-electron chi connectivity index (χ2n) is 8.23. The summed E-state index contributed by atoms with van der Waals surface area (Å²) < 4.78 is 0. The summed E-state index contributed by atoms with van der Waals surface area (Å²) >= 11 is 0. The fourth-order valence-corrected chi connectivity index (χ4v) is 4.10. The van der Waals surface area contributed by atoms with Crippen molar-refractivity contribution in [1.82, 2.24) is 15.2 Å². The molecule has 1 aromatic heterocycles. The number of nitrogens with one attached hydrogen (secondary N) is 1. The number of piperidine rings is 1. The number of hydrogen-bond acceptors (Lipinski definition) is 3. The molecule has 1 aliphatic rings. The van der Waals surface area contributed by atoms with Gasteiger partial charge in [-0.25, -0.2) is 0 Å². The lowest BCUT2D eigenvalue weighted by Gasteiger charge is -2.41. The Morgan fingerprint density at radius 3 is 2.17 bits per heavy atom. The molecule has 5 heteroatoms. The zero-order chi connectivity index (χ0) is 20.9. The van der Waals surface area contributed by atoms with Crippen LogP contribution in [-0.4, -0.2) is 41.3 Å². The summed E-state index contributed by atoms with van der Waals surface area (Å²) in [4.78, 5) is 31.3. The Morgan fingerprint density at radius 2 is 1.62 bits per heavy atom. The Kier molecular flexibility index (Phi) is 6.68. The third kappa shape index (κ3) is 4.84. The van der Waals surface area contributed by atoms with Crippen molar-refractivity contribution in [3.8, 4) is 11.1 Å². The molecule has 2 heterocycles. The van der Waals surface area contributed by atoms with Gasteiger partial charge < -0.3 is 10.2 Å². The molecular weight excluding hydrogens is 362 g/mol. The molecular formula is C24H31N3O2. The summed E-state index contributed by atoms with van der Waals surface area (Å²) in [6.45, 7) is 7.71. The Bertz CT molecular complexity index is 823. The van der Waals surface area contributed by atoms with Crippen LogP contribution >= 0.6 is 0 Å². The van der Waals surface area contributed by atoms with E-state index in [-0.39, 0.29) is 17.7 Å². The summed E-state index contributed by atoms with van der Waals surface area (Å²) in [5, 5.41) is 3.03. The first-order valence-electron chi connectivity index (χ1n) is 10.5. The summed E-state index contributed by atoms with van der Waals surface area (Å²) in [7, 11) is 0. The number of carbonyl (C=O) groups excluding carboxylic acids is 2. The molecule has 0 aliphatic carbocycles. The van der Waals surface area contributed by atoms with Gasteiger partial charge >= 0.3 is 0 Å². The van der Waals surface area contributed by atoms with Crippen molar-refractivity contribution >= 4 is 11.8 Å². The van der Waals surface area contributed by atoms with Crippen LogP contribution in [0.4, 0.5) is 0 Å². The predicted octanol–water partition coefficient (Wildman–Crippen LogP) is 3.69. The number of likely N-dealkylation sites (tertiary alicyclic amines) is 1. The van der Waals surface area contributed by atoms with Gasteiger partial charge in [-0.15, -0.1) is 0 Å². The van der Waals surface area contributed by atoms with Crippen LogP contribution in [0.2, 0.25) is 0 Å².